The molecule has 1 aliphatic rings. The average Bonchev–Trinajstić information content (AvgIpc) is 3.34. The quantitative estimate of drug-likeness (QED) is 0.333. The predicted molar refractivity (Wildman–Crippen MR) is 163 cm³/mol. The number of nitrogens with zero attached hydrogens (tertiary/aromatic N) is 5. The summed E-state index contributed by atoms with van der Waals surface area (Å²) in [5.74, 6) is -1.25. The molecule has 1 aliphatic heterocycles. The Morgan fingerprint density at radius 1 is 0.976 bits per heavy atom. The van der Waals surface area contributed by atoms with Gasteiger partial charge in [0.25, 0.3) is 20.3 Å². The smallest absolute Gasteiger partial charge is 0.293 e. The highest BCUT2D eigenvalue weighted by Crippen LogP contribution is 2.27. The van der Waals surface area contributed by atoms with Gasteiger partial charge in [0.2, 0.25) is 10.7 Å². The Balaban J connectivity index is 1.19. The fraction of sp³-hybridized carbons (Fsp3) is 0.241. The number of piperazine rings is 1. The van der Waals surface area contributed by atoms with E-state index in [1.807, 2.05) is 47.2 Å². The van der Waals surface area contributed by atoms with Crippen molar-refractivity contribution in [2.24, 2.45) is 12.0 Å². The molecule has 10 nitrogen and oxygen atoms in total. The van der Waals surface area contributed by atoms with Gasteiger partial charge in [-0.1, -0.05) is 59.3 Å². The second-order valence-electron chi connectivity index (χ2n) is 9.81. The van der Waals surface area contributed by atoms with Crippen LogP contribution in [0.2, 0.25) is 5.02 Å². The summed E-state index contributed by atoms with van der Waals surface area (Å²) in [5, 5.41) is 4.60. The number of benzene rings is 3. The minimum atomic E-state index is -4.24. The summed E-state index contributed by atoms with van der Waals surface area (Å²) in [6.07, 6.45) is 0. The van der Waals surface area contributed by atoms with Gasteiger partial charge in [0.15, 0.2) is 0 Å². The maximum Gasteiger partial charge on any atom is 0.293 e. The Morgan fingerprint density at radius 2 is 1.64 bits per heavy atom. The Kier molecular flexibility index (Phi) is 8.88. The number of halogens is 1. The van der Waals surface area contributed by atoms with Crippen molar-refractivity contribution in [3.05, 3.63) is 93.7 Å². The largest absolute Gasteiger partial charge is 0.369 e. The molecule has 0 bridgehead atoms. The lowest BCUT2D eigenvalue weighted by atomic mass is 9.99. The Bertz CT molecular complexity index is 1780. The zero-order valence-electron chi connectivity index (χ0n) is 23.0. The van der Waals surface area contributed by atoms with Crippen molar-refractivity contribution in [2.75, 3.05) is 31.1 Å². The van der Waals surface area contributed by atoms with Crippen LogP contribution < -0.4 is 14.4 Å². The van der Waals surface area contributed by atoms with Crippen LogP contribution >= 0.6 is 22.9 Å². The van der Waals surface area contributed by atoms with Crippen LogP contribution in [0.5, 0.6) is 0 Å². The van der Waals surface area contributed by atoms with E-state index in [2.05, 4.69) is 38.1 Å². The molecule has 0 unspecified atom stereocenters. The van der Waals surface area contributed by atoms with Crippen molar-refractivity contribution in [3.8, 4) is 11.1 Å². The van der Waals surface area contributed by atoms with Crippen LogP contribution in [0, 0.1) is 0 Å². The van der Waals surface area contributed by atoms with Crippen LogP contribution in [0.1, 0.15) is 22.8 Å². The molecule has 218 valence electrons. The van der Waals surface area contributed by atoms with Gasteiger partial charge in [-0.2, -0.15) is 13.4 Å². The topological polar surface area (TPSA) is 117 Å². The lowest BCUT2D eigenvalue weighted by Crippen LogP contribution is -2.46. The number of carbonyl (C=O) groups is 2. The molecule has 0 saturated carbocycles. The minimum absolute atomic E-state index is 0.116. The molecule has 0 spiro atoms. The number of hydrogen-bond acceptors (Lipinski definition) is 8. The van der Waals surface area contributed by atoms with Gasteiger partial charge in [0, 0.05) is 63.0 Å². The Morgan fingerprint density at radius 3 is 2.31 bits per heavy atom. The van der Waals surface area contributed by atoms with Gasteiger partial charge in [-0.05, 0) is 53.1 Å². The molecule has 5 rings (SSSR count). The average molecular weight is 625 g/mol. The Labute approximate surface area is 252 Å². The van der Waals surface area contributed by atoms with Gasteiger partial charge in [0.05, 0.1) is 0 Å². The summed E-state index contributed by atoms with van der Waals surface area (Å²) >= 11 is 6.78. The third kappa shape index (κ3) is 6.96. The summed E-state index contributed by atoms with van der Waals surface area (Å²) in [7, 11) is -2.77. The highest BCUT2D eigenvalue weighted by Gasteiger charge is 2.24. The van der Waals surface area contributed by atoms with Crippen molar-refractivity contribution in [2.45, 2.75) is 17.8 Å². The first-order valence-electron chi connectivity index (χ1n) is 13.2. The second-order valence-corrected chi connectivity index (χ2v) is 13.1. The molecule has 4 aromatic rings. The number of amides is 2. The number of rotatable bonds is 7. The number of nitrogens with one attached hydrogen (secondary N) is 1. The summed E-state index contributed by atoms with van der Waals surface area (Å²) in [6.45, 7) is 5.47. The predicted octanol–water partition coefficient (Wildman–Crippen LogP) is 3.69. The van der Waals surface area contributed by atoms with Gasteiger partial charge in [-0.25, -0.2) is 9.40 Å². The normalized spacial score (nSPS) is 14.6. The molecule has 3 aromatic carbocycles. The highest BCUT2D eigenvalue weighted by molar-refractivity contribution is 7.92. The fourth-order valence-corrected chi connectivity index (χ4v) is 6.95. The molecule has 1 N–H and O–H groups in total. The van der Waals surface area contributed by atoms with Crippen LogP contribution in [-0.4, -0.2) is 61.1 Å². The van der Waals surface area contributed by atoms with Crippen molar-refractivity contribution in [3.63, 3.8) is 0 Å². The number of anilines is 1. The third-order valence-corrected chi connectivity index (χ3v) is 9.78. The molecule has 0 radical (unpaired) electrons. The zero-order chi connectivity index (χ0) is 29.9. The van der Waals surface area contributed by atoms with Crippen LogP contribution in [0.15, 0.2) is 82.1 Å². The van der Waals surface area contributed by atoms with Crippen LogP contribution in [-0.2, 0) is 28.4 Å². The lowest BCUT2D eigenvalue weighted by Gasteiger charge is -2.36. The molecule has 1 saturated heterocycles. The maximum atomic E-state index is 12.7. The van der Waals surface area contributed by atoms with Crippen molar-refractivity contribution in [1.82, 2.24) is 19.4 Å². The molecular weight excluding hydrogens is 596 g/mol. The van der Waals surface area contributed by atoms with Crippen molar-refractivity contribution >= 4 is 50.5 Å². The molecule has 0 aliphatic carbocycles. The van der Waals surface area contributed by atoms with Crippen molar-refractivity contribution in [1.29, 1.82) is 0 Å². The van der Waals surface area contributed by atoms with E-state index < -0.39 is 21.8 Å². The van der Waals surface area contributed by atoms with E-state index in [1.165, 1.54) is 29.8 Å². The first-order chi connectivity index (χ1) is 20.1. The molecule has 2 amide bonds. The van der Waals surface area contributed by atoms with E-state index in [-0.39, 0.29) is 14.7 Å². The van der Waals surface area contributed by atoms with E-state index in [4.69, 9.17) is 11.6 Å². The zero-order valence-corrected chi connectivity index (χ0v) is 25.4. The lowest BCUT2D eigenvalue weighted by molar-refractivity contribution is -0.116. The SMILES string of the molecule is CC(=O)N=c1sc(S(=O)(=O)NC(=O)c2ccc(N3CCN(Cc4ccccc4-c4ccc(Cl)cc4)CC3)cc2)nn1C. The molecule has 42 heavy (non-hydrogen) atoms. The first kappa shape index (κ1) is 29.6. The number of hydrogen-bond donors (Lipinski definition) is 1. The molecule has 2 heterocycles. The van der Waals surface area contributed by atoms with Gasteiger partial charge >= 0.3 is 0 Å². The van der Waals surface area contributed by atoms with Gasteiger partial charge in [-0.15, -0.1) is 5.10 Å². The van der Waals surface area contributed by atoms with Crippen molar-refractivity contribution < 1.29 is 18.0 Å². The number of carbonyl (C=O) groups excluding carboxylic acids is 2. The van der Waals surface area contributed by atoms with E-state index >= 15 is 0 Å². The first-order valence-corrected chi connectivity index (χ1v) is 15.8. The fourth-order valence-electron chi connectivity index (χ4n) is 4.69. The summed E-state index contributed by atoms with van der Waals surface area (Å²) in [6, 6.07) is 23.2. The highest BCUT2D eigenvalue weighted by atomic mass is 35.5. The number of aromatic nitrogens is 2. The van der Waals surface area contributed by atoms with E-state index in [0.29, 0.717) is 16.4 Å². The second kappa shape index (κ2) is 12.6. The summed E-state index contributed by atoms with van der Waals surface area (Å²) in [4.78, 5) is 32.5. The van der Waals surface area contributed by atoms with E-state index in [9.17, 15) is 18.0 Å². The third-order valence-electron chi connectivity index (χ3n) is 6.83. The van der Waals surface area contributed by atoms with Crippen LogP contribution in [0.3, 0.4) is 0 Å². The summed E-state index contributed by atoms with van der Waals surface area (Å²) in [5.41, 5.74) is 4.75. The molecule has 13 heteroatoms. The molecule has 1 fully saturated rings. The van der Waals surface area contributed by atoms with Crippen LogP contribution in [0.25, 0.3) is 11.1 Å². The monoisotopic (exact) mass is 624 g/mol. The van der Waals surface area contributed by atoms with Gasteiger partial charge in [-0.3, -0.25) is 14.5 Å². The van der Waals surface area contributed by atoms with E-state index in [0.717, 1.165) is 44.0 Å². The van der Waals surface area contributed by atoms with E-state index in [1.54, 1.807) is 12.1 Å². The number of sulfonamides is 1. The Hall–Kier alpha value is -3.84. The minimum Gasteiger partial charge on any atom is -0.369 e. The molecule has 0 atom stereocenters. The maximum absolute atomic E-state index is 12.7. The van der Waals surface area contributed by atoms with Crippen LogP contribution in [0.4, 0.5) is 5.69 Å². The summed E-state index contributed by atoms with van der Waals surface area (Å²) < 4.78 is 28.3. The molecular formula is C29H29ClN6O4S2. The van der Waals surface area contributed by atoms with Gasteiger partial charge < -0.3 is 4.90 Å². The standard InChI is InChI=1S/C29H29ClN6O4S2/c1-20(37)31-28-34(2)32-29(41-28)42(39,40)33-27(38)22-9-13-25(14-10-22)36-17-15-35(16-18-36)19-23-5-3-4-6-26(23)21-7-11-24(30)12-8-21/h3-14H,15-19H2,1-2H3,(H,33,38). The van der Waals surface area contributed by atoms with Gasteiger partial charge in [0.1, 0.15) is 0 Å². The number of aryl methyl sites for hydroxylation is 1. The molecule has 1 aromatic heterocycles.